The summed E-state index contributed by atoms with van der Waals surface area (Å²) in [4.78, 5) is 13.5. The molecule has 38 heavy (non-hydrogen) atoms. The van der Waals surface area contributed by atoms with Gasteiger partial charge in [-0.2, -0.15) is 0 Å². The lowest BCUT2D eigenvalue weighted by atomic mass is 9.62. The molecule has 2 aromatic rings. The van der Waals surface area contributed by atoms with E-state index in [0.717, 1.165) is 55.5 Å². The van der Waals surface area contributed by atoms with Crippen LogP contribution in [-0.2, 0) is 21.5 Å². The summed E-state index contributed by atoms with van der Waals surface area (Å²) in [6.45, 7) is 0.532. The van der Waals surface area contributed by atoms with Crippen molar-refractivity contribution in [2.75, 3.05) is 17.7 Å². The van der Waals surface area contributed by atoms with E-state index in [0.29, 0.717) is 39.1 Å². The van der Waals surface area contributed by atoms with E-state index in [1.807, 2.05) is 12.1 Å². The Labute approximate surface area is 239 Å². The quantitative estimate of drug-likeness (QED) is 0.238. The number of rotatable bonds is 9. The number of hydrogen-bond donors (Lipinski definition) is 1. The number of benzene rings is 2. The van der Waals surface area contributed by atoms with E-state index in [1.165, 1.54) is 38.5 Å². The van der Waals surface area contributed by atoms with E-state index in [-0.39, 0.29) is 6.09 Å². The molecule has 1 N–H and O–H groups in total. The van der Waals surface area contributed by atoms with Crippen LogP contribution in [0.3, 0.4) is 0 Å². The SMILES string of the molecule is O=C1Nc2ccc(OCCCC[S+]([O-])c3ccc(Cl)c(Cl)c3)cc2C(C2CCCCC2)(C2CCCCC2)O1. The van der Waals surface area contributed by atoms with Gasteiger partial charge in [0.25, 0.3) is 0 Å². The third kappa shape index (κ3) is 6.09. The van der Waals surface area contributed by atoms with Crippen LogP contribution in [0.5, 0.6) is 5.75 Å². The van der Waals surface area contributed by atoms with Gasteiger partial charge in [-0.1, -0.05) is 61.7 Å². The Morgan fingerprint density at radius 1 is 0.921 bits per heavy atom. The molecule has 0 saturated heterocycles. The molecule has 5 nitrogen and oxygen atoms in total. The van der Waals surface area contributed by atoms with Crippen LogP contribution in [0.25, 0.3) is 0 Å². The number of carbonyl (C=O) groups excluding carboxylic acids is 1. The zero-order chi connectivity index (χ0) is 26.5. The van der Waals surface area contributed by atoms with Crippen molar-refractivity contribution in [2.45, 2.75) is 87.5 Å². The van der Waals surface area contributed by atoms with Gasteiger partial charge in [-0.15, -0.1) is 0 Å². The molecule has 206 valence electrons. The number of carbonyl (C=O) groups is 1. The van der Waals surface area contributed by atoms with Crippen molar-refractivity contribution in [2.24, 2.45) is 11.8 Å². The zero-order valence-corrected chi connectivity index (χ0v) is 24.1. The largest absolute Gasteiger partial charge is 0.611 e. The standard InChI is InChI=1S/C30H37Cl2NO4S/c31-26-15-14-24(20-27(26)32)38(35)18-8-7-17-36-23-13-16-28-25(19-23)30(37-29(34)33-28,21-9-3-1-4-10-21)22-11-5-2-6-12-22/h13-16,19-22H,1-12,17-18H2,(H,33,34). The van der Waals surface area contributed by atoms with E-state index in [1.54, 1.807) is 18.2 Å². The fourth-order valence-corrected chi connectivity index (χ4v) is 8.19. The molecule has 1 amide bonds. The Morgan fingerprint density at radius 2 is 1.61 bits per heavy atom. The molecular formula is C30H37Cl2NO4S. The third-order valence-corrected chi connectivity index (χ3v) is 10.7. The normalized spacial score (nSPS) is 20.8. The van der Waals surface area contributed by atoms with Gasteiger partial charge in [0.15, 0.2) is 4.90 Å². The van der Waals surface area contributed by atoms with Gasteiger partial charge in [0.2, 0.25) is 0 Å². The maximum absolute atomic E-state index is 12.8. The highest BCUT2D eigenvalue weighted by atomic mass is 35.5. The molecule has 3 aliphatic rings. The van der Waals surface area contributed by atoms with Gasteiger partial charge in [0, 0.05) is 23.5 Å². The Kier molecular flexibility index (Phi) is 9.35. The van der Waals surface area contributed by atoms with Gasteiger partial charge in [-0.25, -0.2) is 4.79 Å². The lowest BCUT2D eigenvalue weighted by Gasteiger charge is -2.50. The van der Waals surface area contributed by atoms with Crippen molar-refractivity contribution in [3.63, 3.8) is 0 Å². The summed E-state index contributed by atoms with van der Waals surface area (Å²) in [5, 5.41) is 3.85. The molecule has 2 aromatic carbocycles. The van der Waals surface area contributed by atoms with Crippen LogP contribution < -0.4 is 10.1 Å². The minimum absolute atomic E-state index is 0.322. The minimum atomic E-state index is -1.13. The molecular weight excluding hydrogens is 541 g/mol. The number of cyclic esters (lactones) is 1. The van der Waals surface area contributed by atoms with Gasteiger partial charge in [0.05, 0.1) is 22.3 Å². The van der Waals surface area contributed by atoms with Crippen molar-refractivity contribution in [1.82, 2.24) is 0 Å². The summed E-state index contributed by atoms with van der Waals surface area (Å²) < 4.78 is 25.2. The average Bonchev–Trinajstić information content (AvgIpc) is 2.94. The summed E-state index contributed by atoms with van der Waals surface area (Å²) in [6.07, 6.45) is 12.9. The van der Waals surface area contributed by atoms with Crippen molar-refractivity contribution >= 4 is 46.2 Å². The highest BCUT2D eigenvalue weighted by molar-refractivity contribution is 7.91. The number of fused-ring (bicyclic) bond motifs is 1. The molecule has 1 heterocycles. The van der Waals surface area contributed by atoms with Gasteiger partial charge in [-0.3, -0.25) is 5.32 Å². The van der Waals surface area contributed by atoms with Crippen molar-refractivity contribution < 1.29 is 18.8 Å². The first-order chi connectivity index (χ1) is 18.5. The molecule has 2 fully saturated rings. The number of amides is 1. The molecule has 0 aromatic heterocycles. The van der Waals surface area contributed by atoms with E-state index in [9.17, 15) is 9.35 Å². The smallest absolute Gasteiger partial charge is 0.412 e. The number of nitrogens with one attached hydrogen (secondary N) is 1. The highest BCUT2D eigenvalue weighted by Gasteiger charge is 2.53. The first-order valence-corrected chi connectivity index (χ1v) is 16.2. The molecule has 1 unspecified atom stereocenters. The number of halogens is 2. The molecule has 5 rings (SSSR count). The van der Waals surface area contributed by atoms with E-state index in [4.69, 9.17) is 32.7 Å². The minimum Gasteiger partial charge on any atom is -0.611 e. The van der Waals surface area contributed by atoms with Crippen LogP contribution in [0.2, 0.25) is 10.0 Å². The van der Waals surface area contributed by atoms with Crippen molar-refractivity contribution in [3.05, 3.63) is 52.0 Å². The van der Waals surface area contributed by atoms with Gasteiger partial charge < -0.3 is 14.0 Å². The van der Waals surface area contributed by atoms with Crippen LogP contribution in [0.15, 0.2) is 41.3 Å². The van der Waals surface area contributed by atoms with Gasteiger partial charge in [-0.05, 0) is 80.0 Å². The summed E-state index contributed by atoms with van der Waals surface area (Å²) in [5.74, 6) is 2.02. The third-order valence-electron chi connectivity index (χ3n) is 8.48. The Bertz CT molecular complexity index is 1100. The maximum Gasteiger partial charge on any atom is 0.412 e. The van der Waals surface area contributed by atoms with E-state index >= 15 is 0 Å². The Balaban J connectivity index is 1.27. The van der Waals surface area contributed by atoms with Crippen LogP contribution in [0, 0.1) is 11.8 Å². The first kappa shape index (κ1) is 27.9. The molecule has 0 spiro atoms. The van der Waals surface area contributed by atoms with Crippen LogP contribution in [-0.4, -0.2) is 23.0 Å². The van der Waals surface area contributed by atoms with Gasteiger partial charge in [0.1, 0.15) is 17.1 Å². The summed E-state index contributed by atoms with van der Waals surface area (Å²) in [7, 11) is 0. The Morgan fingerprint density at radius 3 is 2.26 bits per heavy atom. The lowest BCUT2D eigenvalue weighted by Crippen LogP contribution is -2.51. The molecule has 2 aliphatic carbocycles. The molecule has 1 atom stereocenters. The molecule has 8 heteroatoms. The van der Waals surface area contributed by atoms with Gasteiger partial charge >= 0.3 is 6.09 Å². The number of ether oxygens (including phenoxy) is 2. The average molecular weight is 579 g/mol. The molecule has 2 saturated carbocycles. The highest BCUT2D eigenvalue weighted by Crippen LogP contribution is 2.55. The summed E-state index contributed by atoms with van der Waals surface area (Å²) >= 11 is 10.9. The fraction of sp³-hybridized carbons (Fsp3) is 0.567. The summed E-state index contributed by atoms with van der Waals surface area (Å²) in [5.41, 5.74) is 1.38. The fourth-order valence-electron chi connectivity index (χ4n) is 6.65. The van der Waals surface area contributed by atoms with E-state index < -0.39 is 16.8 Å². The van der Waals surface area contributed by atoms with Crippen LogP contribution in [0.4, 0.5) is 10.5 Å². The maximum atomic E-state index is 12.8. The topological polar surface area (TPSA) is 70.6 Å². The summed E-state index contributed by atoms with van der Waals surface area (Å²) in [6, 6.07) is 11.2. The first-order valence-electron chi connectivity index (χ1n) is 14.1. The second-order valence-corrected chi connectivity index (χ2v) is 13.3. The van der Waals surface area contributed by atoms with Crippen LogP contribution >= 0.6 is 23.2 Å². The van der Waals surface area contributed by atoms with Crippen LogP contribution in [0.1, 0.15) is 82.6 Å². The number of unbranched alkanes of at least 4 members (excludes halogenated alkanes) is 1. The second kappa shape index (κ2) is 12.7. The number of anilines is 1. The molecule has 1 aliphatic heterocycles. The monoisotopic (exact) mass is 577 g/mol. The predicted octanol–water partition coefficient (Wildman–Crippen LogP) is 8.88. The predicted molar refractivity (Wildman–Crippen MR) is 154 cm³/mol. The number of hydrogen-bond acceptors (Lipinski definition) is 4. The van der Waals surface area contributed by atoms with Crippen molar-refractivity contribution in [1.29, 1.82) is 0 Å². The Hall–Kier alpha value is -1.60. The van der Waals surface area contributed by atoms with E-state index in [2.05, 4.69) is 11.4 Å². The second-order valence-electron chi connectivity index (χ2n) is 10.9. The van der Waals surface area contributed by atoms with Crippen molar-refractivity contribution in [3.8, 4) is 5.75 Å². The zero-order valence-electron chi connectivity index (χ0n) is 21.8. The lowest BCUT2D eigenvalue weighted by molar-refractivity contribution is -0.104. The molecule has 0 bridgehead atoms. The molecule has 0 radical (unpaired) electrons.